The van der Waals surface area contributed by atoms with Crippen LogP contribution in [0.15, 0.2) is 45.4 Å². The van der Waals surface area contributed by atoms with Gasteiger partial charge in [0.25, 0.3) is 5.56 Å². The molecule has 0 fully saturated rings. The molecule has 1 amide bonds. The van der Waals surface area contributed by atoms with E-state index in [1.165, 1.54) is 25.4 Å². The van der Waals surface area contributed by atoms with Crippen molar-refractivity contribution in [2.45, 2.75) is 12.6 Å². The van der Waals surface area contributed by atoms with Crippen LogP contribution in [0, 0.1) is 0 Å². The summed E-state index contributed by atoms with van der Waals surface area (Å²) < 4.78 is 39.5. The number of thiazole rings is 1. The molecule has 3 aromatic heterocycles. The number of halogens is 4. The van der Waals surface area contributed by atoms with E-state index in [9.17, 15) is 27.6 Å². The lowest BCUT2D eigenvalue weighted by atomic mass is 10.1. The summed E-state index contributed by atoms with van der Waals surface area (Å²) in [5, 5.41) is 4.00. The average molecular weight is 496 g/mol. The molecule has 13 heteroatoms. The maximum Gasteiger partial charge on any atom is 0.417 e. The van der Waals surface area contributed by atoms with Crippen molar-refractivity contribution in [2.24, 2.45) is 7.05 Å². The van der Waals surface area contributed by atoms with Crippen LogP contribution >= 0.6 is 22.9 Å². The molecule has 33 heavy (non-hydrogen) atoms. The number of aromatic amines is 1. The van der Waals surface area contributed by atoms with E-state index in [1.807, 2.05) is 0 Å². The first-order chi connectivity index (χ1) is 15.5. The van der Waals surface area contributed by atoms with Crippen molar-refractivity contribution in [1.29, 1.82) is 0 Å². The van der Waals surface area contributed by atoms with Gasteiger partial charge in [-0.05, 0) is 18.2 Å². The number of pyridine rings is 1. The lowest BCUT2D eigenvalue weighted by Crippen LogP contribution is -2.33. The summed E-state index contributed by atoms with van der Waals surface area (Å²) in [6.07, 6.45) is -3.46. The van der Waals surface area contributed by atoms with E-state index in [0.717, 1.165) is 28.0 Å². The number of aromatic nitrogens is 4. The molecule has 4 rings (SSSR count). The zero-order valence-corrected chi connectivity index (χ0v) is 18.2. The summed E-state index contributed by atoms with van der Waals surface area (Å²) >= 11 is 6.82. The predicted octanol–water partition coefficient (Wildman–Crippen LogP) is 3.60. The molecule has 0 aliphatic rings. The van der Waals surface area contributed by atoms with Crippen LogP contribution in [0.5, 0.6) is 0 Å². The van der Waals surface area contributed by atoms with Gasteiger partial charge in [-0.1, -0.05) is 17.7 Å². The summed E-state index contributed by atoms with van der Waals surface area (Å²) in [5.41, 5.74) is -1.00. The van der Waals surface area contributed by atoms with E-state index >= 15 is 0 Å². The van der Waals surface area contributed by atoms with E-state index in [4.69, 9.17) is 11.6 Å². The Bertz CT molecular complexity index is 1510. The highest BCUT2D eigenvalue weighted by Gasteiger charge is 2.33. The third-order valence-corrected chi connectivity index (χ3v) is 5.81. The Labute approximate surface area is 191 Å². The van der Waals surface area contributed by atoms with Gasteiger partial charge in [-0.3, -0.25) is 19.1 Å². The number of alkyl halides is 3. The van der Waals surface area contributed by atoms with Crippen LogP contribution in [-0.4, -0.2) is 25.4 Å². The molecule has 0 unspecified atom stereocenters. The highest BCUT2D eigenvalue weighted by molar-refractivity contribution is 7.14. The highest BCUT2D eigenvalue weighted by atomic mass is 35.5. The van der Waals surface area contributed by atoms with E-state index in [0.29, 0.717) is 11.3 Å². The zero-order valence-electron chi connectivity index (χ0n) is 16.7. The number of nitrogens with one attached hydrogen (secondary N) is 2. The molecule has 0 radical (unpaired) electrons. The molecule has 0 bridgehead atoms. The maximum atomic E-state index is 12.9. The molecule has 170 valence electrons. The predicted molar refractivity (Wildman–Crippen MR) is 118 cm³/mol. The molecule has 0 aliphatic heterocycles. The molecular weight excluding hydrogens is 483 g/mol. The molecular formula is C20H13ClF3N5O3S. The molecule has 8 nitrogen and oxygen atoms in total. The van der Waals surface area contributed by atoms with Crippen LogP contribution in [0.1, 0.15) is 11.3 Å². The van der Waals surface area contributed by atoms with Crippen LogP contribution in [-0.2, 0) is 24.4 Å². The molecule has 4 aromatic rings. The van der Waals surface area contributed by atoms with Gasteiger partial charge >= 0.3 is 11.9 Å². The van der Waals surface area contributed by atoms with Crippen LogP contribution in [0.2, 0.25) is 5.02 Å². The number of hydrogen-bond acceptors (Lipinski definition) is 6. The summed E-state index contributed by atoms with van der Waals surface area (Å²) in [6, 6.07) is 4.72. The van der Waals surface area contributed by atoms with E-state index in [2.05, 4.69) is 20.3 Å². The molecule has 1 aromatic carbocycles. The third kappa shape index (κ3) is 4.52. The molecule has 2 N–H and O–H groups in total. The number of anilines is 1. The Morgan fingerprint density at radius 1 is 1.27 bits per heavy atom. The second kappa shape index (κ2) is 8.45. The van der Waals surface area contributed by atoms with Gasteiger partial charge in [0.2, 0.25) is 5.91 Å². The summed E-state index contributed by atoms with van der Waals surface area (Å²) in [7, 11) is 1.31. The first-order valence-electron chi connectivity index (χ1n) is 9.24. The van der Waals surface area contributed by atoms with Gasteiger partial charge in [0, 0.05) is 24.2 Å². The zero-order chi connectivity index (χ0) is 23.9. The lowest BCUT2D eigenvalue weighted by Gasteiger charge is -2.09. The molecule has 0 atom stereocenters. The highest BCUT2D eigenvalue weighted by Crippen LogP contribution is 2.37. The fraction of sp³-hybridized carbons (Fsp3) is 0.150. The standard InChI is InChI=1S/C20H13ClF3N5O3S/c1-29-17(31)16-12(27-19(29)32)4-5-25-13(16)7-15(30)28-18-26-14(8-33-18)9-2-3-10(11(21)6-9)20(22,23)24/h2-6,8H,7H2,1H3,(H,27,32)(H,26,28,30). The minimum atomic E-state index is -4.57. The molecule has 0 aliphatic carbocycles. The topological polar surface area (TPSA) is 110 Å². The molecule has 0 spiro atoms. The number of rotatable bonds is 4. The summed E-state index contributed by atoms with van der Waals surface area (Å²) in [4.78, 5) is 47.6. The molecule has 0 saturated carbocycles. The first kappa shape index (κ1) is 22.7. The summed E-state index contributed by atoms with van der Waals surface area (Å²) in [5.74, 6) is -0.519. The van der Waals surface area contributed by atoms with Crippen molar-refractivity contribution in [2.75, 3.05) is 5.32 Å². The quantitative estimate of drug-likeness (QED) is 0.449. The third-order valence-electron chi connectivity index (χ3n) is 4.74. The van der Waals surface area contributed by atoms with Crippen molar-refractivity contribution in [1.82, 2.24) is 19.5 Å². The Kier molecular flexibility index (Phi) is 5.80. The van der Waals surface area contributed by atoms with Crippen LogP contribution < -0.4 is 16.6 Å². The minimum absolute atomic E-state index is 0.119. The maximum absolute atomic E-state index is 12.9. The van der Waals surface area contributed by atoms with Gasteiger partial charge in [-0.25, -0.2) is 9.78 Å². The summed E-state index contributed by atoms with van der Waals surface area (Å²) in [6.45, 7) is 0. The fourth-order valence-corrected chi connectivity index (χ4v) is 4.15. The number of carbonyl (C=O) groups excluding carboxylic acids is 1. The van der Waals surface area contributed by atoms with Gasteiger partial charge in [-0.2, -0.15) is 13.2 Å². The van der Waals surface area contributed by atoms with Crippen molar-refractivity contribution in [3.05, 3.63) is 73.0 Å². The van der Waals surface area contributed by atoms with E-state index in [1.54, 1.807) is 5.38 Å². The Morgan fingerprint density at radius 3 is 2.73 bits per heavy atom. The van der Waals surface area contributed by atoms with E-state index in [-0.39, 0.29) is 28.1 Å². The molecule has 3 heterocycles. The SMILES string of the molecule is Cn1c(=O)[nH]c2ccnc(CC(=O)Nc3nc(-c4ccc(C(F)(F)F)c(Cl)c4)cs3)c2c1=O. The lowest BCUT2D eigenvalue weighted by molar-refractivity contribution is -0.137. The van der Waals surface area contributed by atoms with Gasteiger partial charge in [0.05, 0.1) is 39.3 Å². The number of carbonyl (C=O) groups is 1. The minimum Gasteiger partial charge on any atom is -0.307 e. The normalized spacial score (nSPS) is 11.7. The van der Waals surface area contributed by atoms with Crippen LogP contribution in [0.3, 0.4) is 0 Å². The second-order valence-corrected chi connectivity index (χ2v) is 8.20. The Morgan fingerprint density at radius 2 is 2.03 bits per heavy atom. The van der Waals surface area contributed by atoms with Crippen molar-refractivity contribution >= 4 is 44.9 Å². The number of hydrogen-bond donors (Lipinski definition) is 2. The first-order valence-corrected chi connectivity index (χ1v) is 10.5. The van der Waals surface area contributed by atoms with Gasteiger partial charge in [-0.15, -0.1) is 11.3 Å². The van der Waals surface area contributed by atoms with E-state index < -0.39 is 33.9 Å². The number of amides is 1. The Balaban J connectivity index is 1.55. The number of nitrogens with zero attached hydrogens (tertiary/aromatic N) is 3. The number of benzene rings is 1. The Hall–Kier alpha value is -3.51. The van der Waals surface area contributed by atoms with Gasteiger partial charge in [0.15, 0.2) is 5.13 Å². The number of H-pyrrole nitrogens is 1. The average Bonchev–Trinajstić information content (AvgIpc) is 3.19. The van der Waals surface area contributed by atoms with Crippen molar-refractivity contribution in [3.8, 4) is 11.3 Å². The molecule has 0 saturated heterocycles. The van der Waals surface area contributed by atoms with Crippen LogP contribution in [0.4, 0.5) is 18.3 Å². The monoisotopic (exact) mass is 495 g/mol. The second-order valence-electron chi connectivity index (χ2n) is 6.93. The largest absolute Gasteiger partial charge is 0.417 e. The van der Waals surface area contributed by atoms with Gasteiger partial charge in [0.1, 0.15) is 0 Å². The fourth-order valence-electron chi connectivity index (χ4n) is 3.12. The van der Waals surface area contributed by atoms with Gasteiger partial charge < -0.3 is 10.3 Å². The van der Waals surface area contributed by atoms with Crippen LogP contribution in [0.25, 0.3) is 22.2 Å². The van der Waals surface area contributed by atoms with Crippen molar-refractivity contribution < 1.29 is 18.0 Å². The smallest absolute Gasteiger partial charge is 0.307 e. The van der Waals surface area contributed by atoms with Crippen molar-refractivity contribution in [3.63, 3.8) is 0 Å². The number of fused-ring (bicyclic) bond motifs is 1.